The Bertz CT molecular complexity index is 142. The molecule has 1 aromatic rings. The van der Waals surface area contributed by atoms with Gasteiger partial charge in [-0.2, -0.15) is 0 Å². The zero-order valence-corrected chi connectivity index (χ0v) is 7.42. The second-order valence-corrected chi connectivity index (χ2v) is 3.10. The molecule has 0 aliphatic heterocycles. The van der Waals surface area contributed by atoms with Gasteiger partial charge in [-0.25, -0.2) is 0 Å². The van der Waals surface area contributed by atoms with Crippen molar-refractivity contribution in [1.29, 1.82) is 0 Å². The van der Waals surface area contributed by atoms with Crippen LogP contribution in [0.15, 0.2) is 12.3 Å². The van der Waals surface area contributed by atoms with E-state index in [0.717, 1.165) is 22.5 Å². The molecule has 0 aliphatic rings. The Balaban J connectivity index is 3.04. The third-order valence-electron chi connectivity index (χ3n) is 0.734. The maximum absolute atomic E-state index is 4.09. The van der Waals surface area contributed by atoms with E-state index in [1.807, 2.05) is 24.0 Å². The summed E-state index contributed by atoms with van der Waals surface area (Å²) < 4.78 is 3.02. The van der Waals surface area contributed by atoms with Crippen LogP contribution in [-0.2, 0) is 7.05 Å². The Morgan fingerprint density at radius 3 is 2.71 bits per heavy atom. The number of aryl methyl sites for hydroxylation is 1. The van der Waals surface area contributed by atoms with Gasteiger partial charge in [-0.15, -0.1) is 0 Å². The van der Waals surface area contributed by atoms with Crippen molar-refractivity contribution in [1.82, 2.24) is 9.78 Å². The predicted octanol–water partition coefficient (Wildman–Crippen LogP) is -1.05. The minimum absolute atomic E-state index is 1.12. The molecule has 0 fully saturated rings. The van der Waals surface area contributed by atoms with E-state index >= 15 is 0 Å². The molecule has 0 atom stereocenters. The second kappa shape index (κ2) is 1.86. The van der Waals surface area contributed by atoms with Gasteiger partial charge in [-0.1, -0.05) is 0 Å². The molecule has 2 radical (unpaired) electrons. The molecule has 0 aliphatic carbocycles. The van der Waals surface area contributed by atoms with Crippen molar-refractivity contribution in [2.45, 2.75) is 0 Å². The molecule has 0 aromatic carbocycles. The van der Waals surface area contributed by atoms with E-state index < -0.39 is 0 Å². The molecule has 0 saturated heterocycles. The fraction of sp³-hybridized carbons (Fsp3) is 0.250. The standard InChI is InChI=1S/C4H5N2.Sn.H/c1-6-4-2-3-5-6;;/h2,4H,1H3;;. The fourth-order valence-corrected chi connectivity index (χ4v) is 1.20. The molecule has 3 heteroatoms. The number of rotatable bonds is 0. The van der Waals surface area contributed by atoms with E-state index in [9.17, 15) is 0 Å². The van der Waals surface area contributed by atoms with Crippen LogP contribution in [0, 0.1) is 0 Å². The molecule has 36 valence electrons. The van der Waals surface area contributed by atoms with E-state index in [4.69, 9.17) is 0 Å². The van der Waals surface area contributed by atoms with Crippen LogP contribution < -0.4 is 3.71 Å². The Hall–Kier alpha value is 0.00870. The van der Waals surface area contributed by atoms with Gasteiger partial charge in [0.05, 0.1) is 0 Å². The van der Waals surface area contributed by atoms with Crippen LogP contribution in [0.25, 0.3) is 0 Å². The maximum atomic E-state index is 4.09. The molecule has 0 saturated carbocycles. The summed E-state index contributed by atoms with van der Waals surface area (Å²) in [5, 5.41) is 4.09. The van der Waals surface area contributed by atoms with E-state index in [1.165, 1.54) is 3.71 Å². The monoisotopic (exact) mass is 202 g/mol. The first-order valence-electron chi connectivity index (χ1n) is 2.04. The average molecular weight is 201 g/mol. The van der Waals surface area contributed by atoms with Crippen molar-refractivity contribution in [2.24, 2.45) is 7.05 Å². The number of hydrogen-bond acceptors (Lipinski definition) is 1. The average Bonchev–Trinajstić information content (AvgIpc) is 1.87. The SMILES string of the molecule is Cn1cc[c]([SnH])n1. The first-order chi connectivity index (χ1) is 3.29. The van der Waals surface area contributed by atoms with Crippen LogP contribution >= 0.6 is 0 Å². The topological polar surface area (TPSA) is 17.8 Å². The summed E-state index contributed by atoms with van der Waals surface area (Å²) in [5.74, 6) is 0. The van der Waals surface area contributed by atoms with Crippen LogP contribution in [-0.4, -0.2) is 32.3 Å². The first kappa shape index (κ1) is 5.15. The molecule has 1 aromatic heterocycles. The predicted molar refractivity (Wildman–Crippen MR) is 30.0 cm³/mol. The van der Waals surface area contributed by atoms with Crippen molar-refractivity contribution in [3.63, 3.8) is 0 Å². The third-order valence-corrected chi connectivity index (χ3v) is 1.61. The van der Waals surface area contributed by atoms with E-state index in [2.05, 4.69) is 5.10 Å². The molecule has 1 heterocycles. The molecule has 0 spiro atoms. The van der Waals surface area contributed by atoms with Crippen LogP contribution in [0.4, 0.5) is 0 Å². The zero-order valence-electron chi connectivity index (χ0n) is 4.13. The van der Waals surface area contributed by atoms with Gasteiger partial charge in [0.25, 0.3) is 0 Å². The summed E-state index contributed by atoms with van der Waals surface area (Å²) in [6, 6.07) is 2.03. The van der Waals surface area contributed by atoms with Gasteiger partial charge in [-0.3, -0.25) is 0 Å². The quantitative estimate of drug-likeness (QED) is 0.489. The molecule has 7 heavy (non-hydrogen) atoms. The normalized spacial score (nSPS) is 9.43. The summed E-state index contributed by atoms with van der Waals surface area (Å²) in [6.07, 6.45) is 1.96. The van der Waals surface area contributed by atoms with Crippen molar-refractivity contribution >= 4 is 26.2 Å². The fourth-order valence-electron chi connectivity index (χ4n) is 0.433. The Labute approximate surface area is 55.6 Å². The third kappa shape index (κ3) is 1.19. The summed E-state index contributed by atoms with van der Waals surface area (Å²) in [6.45, 7) is 0. The molecular formula is C4H6N2Sn. The minimum atomic E-state index is 1.12. The Morgan fingerprint density at radius 1 is 1.86 bits per heavy atom. The Morgan fingerprint density at radius 2 is 2.57 bits per heavy atom. The molecule has 0 N–H and O–H groups in total. The van der Waals surface area contributed by atoms with Gasteiger partial charge in [0.1, 0.15) is 0 Å². The molecule has 0 amide bonds. The zero-order chi connectivity index (χ0) is 5.28. The molecule has 2 nitrogen and oxygen atoms in total. The number of hydrogen-bond donors (Lipinski definition) is 0. The van der Waals surface area contributed by atoms with E-state index in [-0.39, 0.29) is 0 Å². The summed E-state index contributed by atoms with van der Waals surface area (Å²) in [5.41, 5.74) is 0. The molecule has 1 rings (SSSR count). The second-order valence-electron chi connectivity index (χ2n) is 1.41. The molecule has 0 bridgehead atoms. The van der Waals surface area contributed by atoms with Crippen molar-refractivity contribution in [3.8, 4) is 0 Å². The Kier molecular flexibility index (Phi) is 1.37. The van der Waals surface area contributed by atoms with E-state index in [1.54, 1.807) is 0 Å². The van der Waals surface area contributed by atoms with Crippen LogP contribution in [0.2, 0.25) is 0 Å². The first-order valence-corrected chi connectivity index (χ1v) is 3.69. The number of aromatic nitrogens is 2. The summed E-state index contributed by atoms with van der Waals surface area (Å²) in [7, 11) is 1.93. The van der Waals surface area contributed by atoms with Crippen LogP contribution in [0.3, 0.4) is 0 Å². The van der Waals surface area contributed by atoms with Crippen molar-refractivity contribution in [2.75, 3.05) is 0 Å². The van der Waals surface area contributed by atoms with Crippen molar-refractivity contribution in [3.05, 3.63) is 12.3 Å². The van der Waals surface area contributed by atoms with Gasteiger partial charge in [0.2, 0.25) is 0 Å². The van der Waals surface area contributed by atoms with Crippen LogP contribution in [0.5, 0.6) is 0 Å². The van der Waals surface area contributed by atoms with Gasteiger partial charge in [-0.05, 0) is 0 Å². The molecular weight excluding hydrogens is 195 g/mol. The molecule has 0 unspecified atom stereocenters. The summed E-state index contributed by atoms with van der Waals surface area (Å²) in [4.78, 5) is 0. The van der Waals surface area contributed by atoms with Crippen LogP contribution in [0.1, 0.15) is 0 Å². The van der Waals surface area contributed by atoms with E-state index in [0.29, 0.717) is 0 Å². The van der Waals surface area contributed by atoms with Gasteiger partial charge in [0.15, 0.2) is 0 Å². The van der Waals surface area contributed by atoms with Gasteiger partial charge >= 0.3 is 55.3 Å². The summed E-state index contributed by atoms with van der Waals surface area (Å²) >= 11 is 1.12. The van der Waals surface area contributed by atoms with Gasteiger partial charge < -0.3 is 0 Å². The number of nitrogens with zero attached hydrogens (tertiary/aromatic N) is 2. The van der Waals surface area contributed by atoms with Gasteiger partial charge in [0, 0.05) is 0 Å². The van der Waals surface area contributed by atoms with Crippen molar-refractivity contribution < 1.29 is 0 Å².